The zero-order valence-electron chi connectivity index (χ0n) is 20.0. The van der Waals surface area contributed by atoms with Gasteiger partial charge in [-0.05, 0) is 44.2 Å². The van der Waals surface area contributed by atoms with Gasteiger partial charge >= 0.3 is 5.97 Å². The van der Waals surface area contributed by atoms with Crippen LogP contribution in [0.5, 0.6) is 0 Å². The molecule has 0 aliphatic rings. The van der Waals surface area contributed by atoms with Crippen LogP contribution in [0.25, 0.3) is 28.7 Å². The Kier molecular flexibility index (Phi) is 6.28. The molecular formula is C29H24N4O3. The molecule has 0 amide bonds. The maximum atomic E-state index is 12.5. The first kappa shape index (κ1) is 23.0. The van der Waals surface area contributed by atoms with Crippen LogP contribution in [0.4, 0.5) is 0 Å². The first-order valence-electron chi connectivity index (χ1n) is 11.5. The van der Waals surface area contributed by atoms with Crippen LogP contribution in [-0.2, 0) is 16.1 Å². The molecule has 2 aromatic carbocycles. The molecule has 0 aliphatic carbocycles. The van der Waals surface area contributed by atoms with E-state index in [0.717, 1.165) is 33.8 Å². The van der Waals surface area contributed by atoms with E-state index in [4.69, 9.17) is 9.84 Å². The van der Waals surface area contributed by atoms with Crippen molar-refractivity contribution in [3.63, 3.8) is 0 Å². The van der Waals surface area contributed by atoms with E-state index in [2.05, 4.69) is 4.98 Å². The maximum Gasteiger partial charge on any atom is 0.331 e. The number of pyridine rings is 1. The number of ether oxygens (including phenoxy) is 1. The summed E-state index contributed by atoms with van der Waals surface area (Å²) in [6.45, 7) is 3.77. The minimum atomic E-state index is -0.538. The second-order valence-corrected chi connectivity index (χ2v) is 8.47. The largest absolute Gasteiger partial charge is 0.456 e. The lowest BCUT2D eigenvalue weighted by molar-refractivity contribution is -0.139. The number of aryl methyl sites for hydroxylation is 2. The molecule has 3 heterocycles. The highest BCUT2D eigenvalue weighted by Gasteiger charge is 2.12. The lowest BCUT2D eigenvalue weighted by Crippen LogP contribution is -2.18. The van der Waals surface area contributed by atoms with Crippen LogP contribution in [0.2, 0.25) is 0 Å². The molecule has 7 heteroatoms. The van der Waals surface area contributed by atoms with E-state index in [-0.39, 0.29) is 12.2 Å². The Morgan fingerprint density at radius 1 is 0.972 bits per heavy atom. The Morgan fingerprint density at radius 2 is 1.75 bits per heavy atom. The fraction of sp³-hybridized carbons (Fsp3) is 0.103. The topological polar surface area (TPSA) is 78.5 Å². The molecule has 0 saturated carbocycles. The third-order valence-electron chi connectivity index (χ3n) is 5.78. The molecule has 178 valence electrons. The van der Waals surface area contributed by atoms with E-state index in [1.165, 1.54) is 16.5 Å². The van der Waals surface area contributed by atoms with E-state index in [1.54, 1.807) is 16.8 Å². The van der Waals surface area contributed by atoms with E-state index in [1.807, 2.05) is 86.8 Å². The quantitative estimate of drug-likeness (QED) is 0.257. The number of hydrogen-bond acceptors (Lipinski definition) is 5. The molecule has 0 spiro atoms. The Balaban J connectivity index is 1.37. The van der Waals surface area contributed by atoms with Crippen LogP contribution in [0.15, 0.2) is 95.9 Å². The number of benzene rings is 2. The fourth-order valence-electron chi connectivity index (χ4n) is 3.95. The number of nitrogens with zero attached hydrogens (tertiary/aromatic N) is 4. The molecule has 0 bridgehead atoms. The van der Waals surface area contributed by atoms with Crippen LogP contribution in [0.1, 0.15) is 22.5 Å². The van der Waals surface area contributed by atoms with Gasteiger partial charge in [-0.25, -0.2) is 14.5 Å². The van der Waals surface area contributed by atoms with Crippen LogP contribution in [-0.4, -0.2) is 25.1 Å². The Morgan fingerprint density at radius 3 is 2.53 bits per heavy atom. The number of hydrogen-bond donors (Lipinski definition) is 0. The molecule has 7 nitrogen and oxygen atoms in total. The zero-order valence-corrected chi connectivity index (χ0v) is 20.0. The van der Waals surface area contributed by atoms with Gasteiger partial charge < -0.3 is 4.74 Å². The molecule has 0 unspecified atom stereocenters. The SMILES string of the molecule is Cc1ccc(-c2nn(-c3ccccc3)cc2/C=C/C(=O)OCc2cc(=O)n3c(C)cccc3n2)cc1. The average Bonchev–Trinajstić information content (AvgIpc) is 3.31. The predicted octanol–water partition coefficient (Wildman–Crippen LogP) is 4.92. The highest BCUT2D eigenvalue weighted by molar-refractivity contribution is 5.88. The summed E-state index contributed by atoms with van der Waals surface area (Å²) in [5.74, 6) is -0.538. The molecule has 0 aliphatic heterocycles. The number of aromatic nitrogens is 4. The number of carbonyl (C=O) groups excluding carboxylic acids is 1. The smallest absolute Gasteiger partial charge is 0.331 e. The summed E-state index contributed by atoms with van der Waals surface area (Å²) < 4.78 is 8.68. The Labute approximate surface area is 207 Å². The van der Waals surface area contributed by atoms with Gasteiger partial charge in [0.05, 0.1) is 17.1 Å². The van der Waals surface area contributed by atoms with Crippen molar-refractivity contribution >= 4 is 17.7 Å². The Bertz CT molecular complexity index is 1630. The van der Waals surface area contributed by atoms with Gasteiger partial charge in [0.1, 0.15) is 12.3 Å². The highest BCUT2D eigenvalue weighted by Crippen LogP contribution is 2.25. The van der Waals surface area contributed by atoms with E-state index in [9.17, 15) is 9.59 Å². The van der Waals surface area contributed by atoms with Crippen molar-refractivity contribution in [2.75, 3.05) is 0 Å². The van der Waals surface area contributed by atoms with Gasteiger partial charge in [-0.15, -0.1) is 0 Å². The molecular weight excluding hydrogens is 452 g/mol. The first-order chi connectivity index (χ1) is 17.5. The van der Waals surface area contributed by atoms with Crippen molar-refractivity contribution in [2.24, 2.45) is 0 Å². The number of carbonyl (C=O) groups is 1. The van der Waals surface area contributed by atoms with Crippen LogP contribution < -0.4 is 5.56 Å². The van der Waals surface area contributed by atoms with Crippen molar-refractivity contribution < 1.29 is 9.53 Å². The lowest BCUT2D eigenvalue weighted by Gasteiger charge is -2.06. The monoisotopic (exact) mass is 476 g/mol. The summed E-state index contributed by atoms with van der Waals surface area (Å²) in [6, 6.07) is 24.6. The van der Waals surface area contributed by atoms with Crippen molar-refractivity contribution in [3.8, 4) is 16.9 Å². The van der Waals surface area contributed by atoms with Gasteiger partial charge in [-0.2, -0.15) is 5.10 Å². The fourth-order valence-corrected chi connectivity index (χ4v) is 3.95. The minimum Gasteiger partial charge on any atom is -0.456 e. The molecule has 3 aromatic heterocycles. The standard InChI is InChI=1S/C29H24N4O3/c1-20-11-13-22(14-12-20)29-23(18-32(31-29)25-8-4-3-5-9-25)15-16-28(35)36-19-24-17-27(34)33-21(2)7-6-10-26(33)30-24/h3-18H,19H2,1-2H3/b16-15+. The van der Waals surface area contributed by atoms with Crippen LogP contribution in [0, 0.1) is 13.8 Å². The van der Waals surface area contributed by atoms with Gasteiger partial charge in [0.15, 0.2) is 0 Å². The minimum absolute atomic E-state index is 0.100. The summed E-state index contributed by atoms with van der Waals surface area (Å²) in [4.78, 5) is 29.4. The van der Waals surface area contributed by atoms with E-state index >= 15 is 0 Å². The molecule has 36 heavy (non-hydrogen) atoms. The van der Waals surface area contributed by atoms with Gasteiger partial charge in [0, 0.05) is 35.2 Å². The van der Waals surface area contributed by atoms with Crippen molar-refractivity contribution in [1.29, 1.82) is 0 Å². The predicted molar refractivity (Wildman–Crippen MR) is 139 cm³/mol. The van der Waals surface area contributed by atoms with Gasteiger partial charge in [-0.3, -0.25) is 9.20 Å². The van der Waals surface area contributed by atoms with Crippen molar-refractivity contribution in [1.82, 2.24) is 19.2 Å². The highest BCUT2D eigenvalue weighted by atomic mass is 16.5. The molecule has 5 rings (SSSR count). The van der Waals surface area contributed by atoms with Gasteiger partial charge in [0.2, 0.25) is 0 Å². The molecule has 0 saturated heterocycles. The van der Waals surface area contributed by atoms with Crippen molar-refractivity contribution in [2.45, 2.75) is 20.5 Å². The maximum absolute atomic E-state index is 12.5. The summed E-state index contributed by atoms with van der Waals surface area (Å²) in [6.07, 6.45) is 4.93. The van der Waals surface area contributed by atoms with Crippen LogP contribution in [0.3, 0.4) is 0 Å². The molecule has 0 fully saturated rings. The second-order valence-electron chi connectivity index (χ2n) is 8.47. The number of para-hydroxylation sites is 1. The third kappa shape index (κ3) is 4.86. The first-order valence-corrected chi connectivity index (χ1v) is 11.5. The number of esters is 1. The third-order valence-corrected chi connectivity index (χ3v) is 5.78. The van der Waals surface area contributed by atoms with Gasteiger partial charge in [-0.1, -0.05) is 54.1 Å². The van der Waals surface area contributed by atoms with E-state index < -0.39 is 5.97 Å². The molecule has 0 N–H and O–H groups in total. The van der Waals surface area contributed by atoms with Crippen LogP contribution >= 0.6 is 0 Å². The normalized spacial score (nSPS) is 11.3. The number of fused-ring (bicyclic) bond motifs is 1. The average molecular weight is 477 g/mol. The Hall–Kier alpha value is -4.78. The lowest BCUT2D eigenvalue weighted by atomic mass is 10.1. The zero-order chi connectivity index (χ0) is 25.1. The molecule has 0 atom stereocenters. The summed E-state index contributed by atoms with van der Waals surface area (Å²) in [5.41, 5.74) is 6.02. The van der Waals surface area contributed by atoms with Crippen molar-refractivity contribution in [3.05, 3.63) is 124 Å². The number of rotatable bonds is 6. The van der Waals surface area contributed by atoms with E-state index in [0.29, 0.717) is 11.3 Å². The summed E-state index contributed by atoms with van der Waals surface area (Å²) in [5, 5.41) is 4.76. The molecule has 0 radical (unpaired) electrons. The molecule has 5 aromatic rings. The summed E-state index contributed by atoms with van der Waals surface area (Å²) in [7, 11) is 0. The second kappa shape index (κ2) is 9.84. The summed E-state index contributed by atoms with van der Waals surface area (Å²) >= 11 is 0. The van der Waals surface area contributed by atoms with Gasteiger partial charge in [0.25, 0.3) is 5.56 Å².